The third-order valence-electron chi connectivity index (χ3n) is 12.9. The number of fused-ring (bicyclic) bond motifs is 1. The fourth-order valence-corrected chi connectivity index (χ4v) is 8.97. The summed E-state index contributed by atoms with van der Waals surface area (Å²) in [5.74, 6) is -5.72. The highest BCUT2D eigenvalue weighted by molar-refractivity contribution is 6.31. The molecule has 3 saturated heterocycles. The summed E-state index contributed by atoms with van der Waals surface area (Å²) in [5.41, 5.74) is 3.40. The molecule has 0 radical (unpaired) electrons. The Bertz CT molecular complexity index is 2850. The van der Waals surface area contributed by atoms with Crippen LogP contribution in [0.25, 0.3) is 0 Å². The van der Waals surface area contributed by atoms with Gasteiger partial charge in [0.15, 0.2) is 6.10 Å². The number of carbonyl (C=O) groups is 11. The number of nitrogens with zero attached hydrogens (tertiary/aromatic N) is 3. The van der Waals surface area contributed by atoms with E-state index in [-0.39, 0.29) is 133 Å². The zero-order valence-electron chi connectivity index (χ0n) is 42.9. The molecule has 10 amide bonds. The summed E-state index contributed by atoms with van der Waals surface area (Å²) in [7, 11) is 1.50. The van der Waals surface area contributed by atoms with E-state index in [1.54, 1.807) is 36.4 Å². The van der Waals surface area contributed by atoms with Crippen LogP contribution >= 0.6 is 11.6 Å². The van der Waals surface area contributed by atoms with Crippen LogP contribution < -0.4 is 31.3 Å². The molecule has 0 saturated carbocycles. The highest BCUT2D eigenvalue weighted by atomic mass is 35.5. The molecule has 4 heterocycles. The number of carbonyl (C=O) groups excluding carboxylic acids is 10. The maximum Gasteiger partial charge on any atom is 0.409 e. The van der Waals surface area contributed by atoms with Gasteiger partial charge in [0.25, 0.3) is 23.6 Å². The molecule has 0 aromatic heterocycles. The van der Waals surface area contributed by atoms with E-state index in [0.717, 1.165) is 11.1 Å². The number of benzene rings is 3. The molecule has 3 aromatic carbocycles. The van der Waals surface area contributed by atoms with E-state index in [4.69, 9.17) is 35.4 Å². The molecule has 4 aliphatic heterocycles. The summed E-state index contributed by atoms with van der Waals surface area (Å²) in [5, 5.41) is 33.6. The number of aliphatic hydroxyl groups is 1. The molecular formula is C52H59ClN8O18. The standard InChI is InChI=1S/C52H59ClN8O18/c1-59(18-20-75-19-15-31-7-8-33(23-37(31)53)57-51(73)56-26-29-5-9-35-32(21-29)27-60(49(35)70)38-10-12-42(64)58-48(38)69)52(74)76-28-30-6-11-39(77-46-25-34(62)24-40(78-46)50(71)72)36(22-30)47(68)55-17-16-54-41(63)3-2-4-45(67)79-61-43(65)13-14-44(61)66/h5-9,11,21-23,34,38,40,46,62H,2-4,10,12-20,24-28H2,1H3,(H,54,63)(H,55,68)(H,71,72)(H2,56,57,73)(H,58,64,69). The van der Waals surface area contributed by atoms with E-state index in [1.165, 1.54) is 35.0 Å². The normalized spacial score (nSPS) is 18.8. The highest BCUT2D eigenvalue weighted by Gasteiger charge is 2.40. The molecule has 79 heavy (non-hydrogen) atoms. The molecule has 422 valence electrons. The zero-order valence-corrected chi connectivity index (χ0v) is 43.6. The molecule has 7 N–H and O–H groups in total. The lowest BCUT2D eigenvalue weighted by molar-refractivity contribution is -0.197. The number of rotatable bonds is 24. The molecule has 27 heteroatoms. The van der Waals surface area contributed by atoms with Gasteiger partial charge in [-0.25, -0.2) is 19.2 Å². The van der Waals surface area contributed by atoms with Crippen molar-refractivity contribution in [2.24, 2.45) is 0 Å². The molecular weight excluding hydrogens is 1060 g/mol. The van der Waals surface area contributed by atoms with Gasteiger partial charge in [0.1, 0.15) is 18.4 Å². The summed E-state index contributed by atoms with van der Waals surface area (Å²) in [6.45, 7) is 0.507. The van der Waals surface area contributed by atoms with Crippen molar-refractivity contribution in [3.8, 4) is 5.75 Å². The average Bonchev–Trinajstić information content (AvgIpc) is 4.09. The van der Waals surface area contributed by atoms with Gasteiger partial charge in [0.2, 0.25) is 24.0 Å². The van der Waals surface area contributed by atoms with E-state index < -0.39 is 78.1 Å². The number of hydroxylamine groups is 2. The number of carboxylic acid groups (broad SMARTS) is 1. The number of anilines is 1. The lowest BCUT2D eigenvalue weighted by Gasteiger charge is -2.31. The maximum atomic E-state index is 13.5. The van der Waals surface area contributed by atoms with Crippen LogP contribution in [0.2, 0.25) is 5.02 Å². The first-order valence-corrected chi connectivity index (χ1v) is 25.7. The average molecular weight is 1120 g/mol. The minimum Gasteiger partial charge on any atom is -0.479 e. The Morgan fingerprint density at radius 1 is 0.873 bits per heavy atom. The first-order chi connectivity index (χ1) is 37.8. The SMILES string of the molecule is CN(CCOCCc1ccc(NC(=O)NCc2ccc3c(c2)CN(C2CCC(=O)NC2=O)C3=O)cc1Cl)C(=O)OCc1ccc(OC2CC(O)CC(C(=O)O)O2)c(C(=O)NCCNC(=O)CCCC(=O)ON2C(=O)CCC2=O)c1. The summed E-state index contributed by atoms with van der Waals surface area (Å²) in [4.78, 5) is 143. The van der Waals surface area contributed by atoms with Crippen LogP contribution in [0.1, 0.15) is 101 Å². The summed E-state index contributed by atoms with van der Waals surface area (Å²) < 4.78 is 22.6. The molecule has 0 aliphatic carbocycles. The second kappa shape index (κ2) is 27.4. The number of urea groups is 1. The number of nitrogens with one attached hydrogen (secondary N) is 5. The Morgan fingerprint density at radius 2 is 1.63 bits per heavy atom. The second-order valence-electron chi connectivity index (χ2n) is 18.8. The number of amides is 10. The number of imide groups is 2. The van der Waals surface area contributed by atoms with E-state index >= 15 is 0 Å². The van der Waals surface area contributed by atoms with Gasteiger partial charge >= 0.3 is 24.1 Å². The summed E-state index contributed by atoms with van der Waals surface area (Å²) >= 11 is 6.54. The smallest absolute Gasteiger partial charge is 0.409 e. The number of aliphatic carboxylic acids is 1. The van der Waals surface area contributed by atoms with Crippen LogP contribution in [0.5, 0.6) is 5.75 Å². The number of halogens is 1. The minimum atomic E-state index is -1.36. The molecule has 0 bridgehead atoms. The number of aliphatic hydroxyl groups excluding tert-OH is 1. The highest BCUT2D eigenvalue weighted by Crippen LogP contribution is 2.30. The lowest BCUT2D eigenvalue weighted by atomic mass is 10.0. The molecule has 4 atom stereocenters. The van der Waals surface area contributed by atoms with E-state index in [9.17, 15) is 63.0 Å². The van der Waals surface area contributed by atoms with Crippen molar-refractivity contribution >= 4 is 82.7 Å². The van der Waals surface area contributed by atoms with E-state index in [1.807, 2.05) is 0 Å². The van der Waals surface area contributed by atoms with Gasteiger partial charge in [0, 0.05) is 101 Å². The van der Waals surface area contributed by atoms with Crippen molar-refractivity contribution < 1.29 is 86.7 Å². The third-order valence-corrected chi connectivity index (χ3v) is 13.3. The number of likely N-dealkylation sites (N-methyl/N-ethyl adjacent to an activating group) is 1. The zero-order chi connectivity index (χ0) is 56.8. The Morgan fingerprint density at radius 3 is 2.38 bits per heavy atom. The van der Waals surface area contributed by atoms with Gasteiger partial charge in [-0.15, -0.1) is 5.06 Å². The van der Waals surface area contributed by atoms with E-state index in [0.29, 0.717) is 38.9 Å². The largest absolute Gasteiger partial charge is 0.479 e. The quantitative estimate of drug-likeness (QED) is 0.0499. The summed E-state index contributed by atoms with van der Waals surface area (Å²) in [6, 6.07) is 13.3. The molecule has 4 aliphatic rings. The van der Waals surface area contributed by atoms with Gasteiger partial charge in [-0.05, 0) is 71.8 Å². The molecule has 4 unspecified atom stereocenters. The number of ether oxygens (including phenoxy) is 4. The van der Waals surface area contributed by atoms with Gasteiger partial charge in [0.05, 0.1) is 24.9 Å². The molecule has 7 rings (SSSR count). The Hall–Kier alpha value is -8.20. The van der Waals surface area contributed by atoms with Gasteiger partial charge in [-0.2, -0.15) is 0 Å². The predicted octanol–water partition coefficient (Wildman–Crippen LogP) is 2.20. The van der Waals surface area contributed by atoms with Crippen molar-refractivity contribution in [1.29, 1.82) is 0 Å². The maximum absolute atomic E-state index is 13.5. The number of piperidine rings is 1. The number of carboxylic acids is 1. The van der Waals surface area contributed by atoms with Crippen molar-refractivity contribution in [2.45, 2.75) is 108 Å². The van der Waals surface area contributed by atoms with Crippen LogP contribution in [-0.2, 0) is 78.7 Å². The van der Waals surface area contributed by atoms with Crippen molar-refractivity contribution in [2.75, 3.05) is 45.2 Å². The number of hydrogen-bond donors (Lipinski definition) is 7. The third kappa shape index (κ3) is 16.4. The molecule has 3 fully saturated rings. The van der Waals surface area contributed by atoms with Gasteiger partial charge in [-0.1, -0.05) is 35.9 Å². The van der Waals surface area contributed by atoms with Gasteiger partial charge in [-0.3, -0.25) is 38.9 Å². The topological polar surface area (TPSA) is 344 Å². The van der Waals surface area contributed by atoms with Crippen LogP contribution in [0.4, 0.5) is 15.3 Å². The van der Waals surface area contributed by atoms with Crippen LogP contribution in [0.15, 0.2) is 54.6 Å². The van der Waals surface area contributed by atoms with Gasteiger partial charge < -0.3 is 65.1 Å². The monoisotopic (exact) mass is 1120 g/mol. The van der Waals surface area contributed by atoms with Crippen molar-refractivity contribution in [1.82, 2.24) is 36.1 Å². The number of hydrogen-bond acceptors (Lipinski definition) is 17. The van der Waals surface area contributed by atoms with E-state index in [2.05, 4.69) is 26.6 Å². The van der Waals surface area contributed by atoms with Crippen LogP contribution in [-0.4, -0.2) is 155 Å². The predicted molar refractivity (Wildman–Crippen MR) is 272 cm³/mol. The van der Waals surface area contributed by atoms with Crippen LogP contribution in [0, 0.1) is 0 Å². The molecule has 26 nitrogen and oxygen atoms in total. The van der Waals surface area contributed by atoms with Crippen molar-refractivity contribution in [3.05, 3.63) is 93.0 Å². The Balaban J connectivity index is 0.813. The second-order valence-corrected chi connectivity index (χ2v) is 19.2. The fourth-order valence-electron chi connectivity index (χ4n) is 8.70. The Kier molecular flexibility index (Phi) is 20.3. The van der Waals surface area contributed by atoms with Crippen molar-refractivity contribution in [3.63, 3.8) is 0 Å². The first kappa shape index (κ1) is 58.5. The summed E-state index contributed by atoms with van der Waals surface area (Å²) in [6.07, 6.45) is -4.18. The lowest BCUT2D eigenvalue weighted by Crippen LogP contribution is -2.52. The first-order valence-electron chi connectivity index (χ1n) is 25.3. The minimum absolute atomic E-state index is 0.0276. The van der Waals surface area contributed by atoms with Crippen LogP contribution in [0.3, 0.4) is 0 Å². The Labute approximate surface area is 456 Å². The fraction of sp³-hybridized carbons (Fsp3) is 0.442. The molecule has 0 spiro atoms. The molecule has 3 aromatic rings.